The molecule has 3 aromatic rings. The zero-order chi connectivity index (χ0) is 18.8. The molecular formula is C20H24N4O3. The van der Waals surface area contributed by atoms with Crippen LogP contribution in [0, 0.1) is 0 Å². The van der Waals surface area contributed by atoms with E-state index >= 15 is 0 Å². The molecule has 27 heavy (non-hydrogen) atoms. The molecule has 1 aromatic carbocycles. The van der Waals surface area contributed by atoms with Gasteiger partial charge in [-0.15, -0.1) is 0 Å². The maximum atomic E-state index is 12.9. The van der Waals surface area contributed by atoms with Crippen molar-refractivity contribution in [2.24, 2.45) is 0 Å². The van der Waals surface area contributed by atoms with Crippen molar-refractivity contribution in [2.45, 2.75) is 64.5 Å². The third kappa shape index (κ3) is 3.34. The van der Waals surface area contributed by atoms with Crippen LogP contribution in [0.3, 0.4) is 0 Å². The summed E-state index contributed by atoms with van der Waals surface area (Å²) in [6, 6.07) is 7.17. The predicted octanol–water partition coefficient (Wildman–Crippen LogP) is 3.05. The van der Waals surface area contributed by atoms with Crippen molar-refractivity contribution in [2.75, 3.05) is 0 Å². The van der Waals surface area contributed by atoms with E-state index in [1.54, 1.807) is 16.7 Å². The molecule has 2 heterocycles. The van der Waals surface area contributed by atoms with E-state index in [0.717, 1.165) is 18.7 Å². The molecule has 0 unspecified atom stereocenters. The number of benzene rings is 1. The van der Waals surface area contributed by atoms with Crippen LogP contribution in [0.4, 0.5) is 0 Å². The molecule has 0 aliphatic heterocycles. The zero-order valence-electron chi connectivity index (χ0n) is 15.6. The van der Waals surface area contributed by atoms with Crippen LogP contribution in [-0.4, -0.2) is 19.3 Å². The standard InChI is InChI=1S/C20H24N4O3/c1-2-12-23-19(25)15-10-6-7-11-16(15)24(20(23)26)13-17-21-18(22-27-17)14-8-4-3-5-9-14/h6-7,10-11,14H,2-5,8-9,12-13H2,1H3. The lowest BCUT2D eigenvalue weighted by atomic mass is 9.89. The molecule has 0 bridgehead atoms. The molecule has 2 aromatic heterocycles. The Morgan fingerprint density at radius 3 is 2.67 bits per heavy atom. The van der Waals surface area contributed by atoms with E-state index in [1.807, 2.05) is 19.1 Å². The van der Waals surface area contributed by atoms with Gasteiger partial charge in [0.05, 0.1) is 10.9 Å². The smallest absolute Gasteiger partial charge is 0.331 e. The summed E-state index contributed by atoms with van der Waals surface area (Å²) >= 11 is 0. The molecule has 1 aliphatic rings. The highest BCUT2D eigenvalue weighted by Gasteiger charge is 2.22. The van der Waals surface area contributed by atoms with Crippen LogP contribution in [0.15, 0.2) is 38.4 Å². The van der Waals surface area contributed by atoms with E-state index in [4.69, 9.17) is 4.52 Å². The first-order valence-corrected chi connectivity index (χ1v) is 9.74. The Kier molecular flexibility index (Phi) is 4.92. The Labute approximate surface area is 156 Å². The van der Waals surface area contributed by atoms with E-state index in [9.17, 15) is 9.59 Å². The van der Waals surface area contributed by atoms with E-state index in [0.29, 0.717) is 35.7 Å². The minimum absolute atomic E-state index is 0.170. The number of hydrogen-bond acceptors (Lipinski definition) is 5. The van der Waals surface area contributed by atoms with Crippen LogP contribution in [0.1, 0.15) is 63.1 Å². The summed E-state index contributed by atoms with van der Waals surface area (Å²) in [5.74, 6) is 1.49. The molecule has 7 nitrogen and oxygen atoms in total. The molecule has 4 rings (SSSR count). The Balaban J connectivity index is 1.74. The van der Waals surface area contributed by atoms with Crippen LogP contribution >= 0.6 is 0 Å². The number of nitrogens with zero attached hydrogens (tertiary/aromatic N) is 4. The monoisotopic (exact) mass is 368 g/mol. The van der Waals surface area contributed by atoms with E-state index < -0.39 is 0 Å². The summed E-state index contributed by atoms with van der Waals surface area (Å²) in [6.45, 7) is 2.50. The second kappa shape index (κ2) is 7.50. The Bertz CT molecular complexity index is 1060. The zero-order valence-corrected chi connectivity index (χ0v) is 15.6. The number of para-hydroxylation sites is 1. The van der Waals surface area contributed by atoms with Gasteiger partial charge in [-0.25, -0.2) is 4.79 Å². The molecule has 1 aliphatic carbocycles. The average Bonchev–Trinajstić information content (AvgIpc) is 3.18. The van der Waals surface area contributed by atoms with Gasteiger partial charge in [0, 0.05) is 12.5 Å². The van der Waals surface area contributed by atoms with Gasteiger partial charge in [0.25, 0.3) is 5.56 Å². The summed E-state index contributed by atoms with van der Waals surface area (Å²) < 4.78 is 8.30. The second-order valence-corrected chi connectivity index (χ2v) is 7.22. The maximum absolute atomic E-state index is 12.9. The number of rotatable bonds is 5. The lowest BCUT2D eigenvalue weighted by Gasteiger charge is -2.17. The topological polar surface area (TPSA) is 82.9 Å². The van der Waals surface area contributed by atoms with Gasteiger partial charge in [0.1, 0.15) is 6.54 Å². The van der Waals surface area contributed by atoms with Gasteiger partial charge in [-0.2, -0.15) is 4.98 Å². The SMILES string of the molecule is CCCn1c(=O)c2ccccc2n(Cc2nc(C3CCCCC3)no2)c1=O. The normalized spacial score (nSPS) is 15.4. The van der Waals surface area contributed by atoms with Crippen molar-refractivity contribution < 1.29 is 4.52 Å². The minimum Gasteiger partial charge on any atom is -0.337 e. The Morgan fingerprint density at radius 2 is 1.89 bits per heavy atom. The first-order chi connectivity index (χ1) is 13.2. The average molecular weight is 368 g/mol. The van der Waals surface area contributed by atoms with E-state index in [-0.39, 0.29) is 17.8 Å². The highest BCUT2D eigenvalue weighted by Crippen LogP contribution is 2.30. The van der Waals surface area contributed by atoms with Gasteiger partial charge in [0.2, 0.25) is 5.89 Å². The first kappa shape index (κ1) is 17.7. The Hall–Kier alpha value is -2.70. The summed E-state index contributed by atoms with van der Waals surface area (Å²) in [6.07, 6.45) is 6.54. The minimum atomic E-state index is -0.335. The number of aromatic nitrogens is 4. The fraction of sp³-hybridized carbons (Fsp3) is 0.500. The number of fused-ring (bicyclic) bond motifs is 1. The largest absolute Gasteiger partial charge is 0.337 e. The van der Waals surface area contributed by atoms with Crippen molar-refractivity contribution in [3.63, 3.8) is 0 Å². The molecule has 0 N–H and O–H groups in total. The quantitative estimate of drug-likeness (QED) is 0.691. The Morgan fingerprint density at radius 1 is 1.11 bits per heavy atom. The molecule has 0 radical (unpaired) electrons. The lowest BCUT2D eigenvalue weighted by Crippen LogP contribution is -2.40. The van der Waals surface area contributed by atoms with Crippen LogP contribution in [0.25, 0.3) is 10.9 Å². The molecule has 1 fully saturated rings. The third-order valence-electron chi connectivity index (χ3n) is 5.33. The van der Waals surface area contributed by atoms with E-state index in [2.05, 4.69) is 10.1 Å². The van der Waals surface area contributed by atoms with Crippen molar-refractivity contribution in [3.05, 3.63) is 56.8 Å². The molecule has 1 saturated carbocycles. The summed E-state index contributed by atoms with van der Waals surface area (Å²) in [7, 11) is 0. The fourth-order valence-corrected chi connectivity index (χ4v) is 3.94. The van der Waals surface area contributed by atoms with Crippen molar-refractivity contribution in [3.8, 4) is 0 Å². The van der Waals surface area contributed by atoms with Gasteiger partial charge in [-0.1, -0.05) is 43.5 Å². The van der Waals surface area contributed by atoms with Gasteiger partial charge in [0.15, 0.2) is 5.82 Å². The summed E-state index contributed by atoms with van der Waals surface area (Å²) in [5.41, 5.74) is 0.0114. The molecule has 0 amide bonds. The van der Waals surface area contributed by atoms with Crippen LogP contribution < -0.4 is 11.2 Å². The van der Waals surface area contributed by atoms with Crippen LogP contribution in [0.2, 0.25) is 0 Å². The van der Waals surface area contributed by atoms with Crippen molar-refractivity contribution >= 4 is 10.9 Å². The summed E-state index contributed by atoms with van der Waals surface area (Å²) in [5, 5.41) is 4.68. The van der Waals surface area contributed by atoms with Crippen molar-refractivity contribution in [1.82, 2.24) is 19.3 Å². The molecule has 0 atom stereocenters. The molecule has 0 spiro atoms. The van der Waals surface area contributed by atoms with Gasteiger partial charge < -0.3 is 4.52 Å². The molecular weight excluding hydrogens is 344 g/mol. The first-order valence-electron chi connectivity index (χ1n) is 9.74. The van der Waals surface area contributed by atoms with Gasteiger partial charge in [-0.3, -0.25) is 13.9 Å². The third-order valence-corrected chi connectivity index (χ3v) is 5.33. The van der Waals surface area contributed by atoms with Crippen molar-refractivity contribution in [1.29, 1.82) is 0 Å². The highest BCUT2D eigenvalue weighted by atomic mass is 16.5. The number of hydrogen-bond donors (Lipinski definition) is 0. The second-order valence-electron chi connectivity index (χ2n) is 7.22. The molecule has 142 valence electrons. The van der Waals surface area contributed by atoms with Gasteiger partial charge >= 0.3 is 5.69 Å². The molecule has 7 heteroatoms. The highest BCUT2D eigenvalue weighted by molar-refractivity contribution is 5.77. The van der Waals surface area contributed by atoms with Crippen LogP contribution in [0.5, 0.6) is 0 Å². The van der Waals surface area contributed by atoms with Gasteiger partial charge in [-0.05, 0) is 31.4 Å². The van der Waals surface area contributed by atoms with E-state index in [1.165, 1.54) is 23.8 Å². The fourth-order valence-electron chi connectivity index (χ4n) is 3.94. The van der Waals surface area contributed by atoms with Crippen LogP contribution in [-0.2, 0) is 13.1 Å². The predicted molar refractivity (Wildman–Crippen MR) is 102 cm³/mol. The molecule has 0 saturated heterocycles. The maximum Gasteiger partial charge on any atom is 0.331 e. The summed E-state index contributed by atoms with van der Waals surface area (Å²) in [4.78, 5) is 30.1. The lowest BCUT2D eigenvalue weighted by molar-refractivity contribution is 0.351.